The number of para-hydroxylation sites is 2. The van der Waals surface area contributed by atoms with Gasteiger partial charge in [-0.3, -0.25) is 0 Å². The summed E-state index contributed by atoms with van der Waals surface area (Å²) < 4.78 is 2.66. The molecule has 2 unspecified atom stereocenters. The third kappa shape index (κ3) is 5.45. The lowest BCUT2D eigenvalue weighted by atomic mass is 9.61. The third-order valence-electron chi connectivity index (χ3n) is 15.6. The summed E-state index contributed by atoms with van der Waals surface area (Å²) in [4.78, 5) is 5.03. The van der Waals surface area contributed by atoms with Gasteiger partial charge in [0.2, 0.25) is 0 Å². The third-order valence-corrected chi connectivity index (χ3v) is 16.8. The van der Waals surface area contributed by atoms with Crippen LogP contribution in [0.1, 0.15) is 55.0 Å². The molecule has 2 nitrogen and oxygen atoms in total. The molecule has 14 rings (SSSR count). The van der Waals surface area contributed by atoms with Gasteiger partial charge in [-0.25, -0.2) is 0 Å². The molecule has 10 aromatic rings. The zero-order chi connectivity index (χ0) is 45.3. The van der Waals surface area contributed by atoms with Gasteiger partial charge in [0.25, 0.3) is 0 Å². The zero-order valence-corrected chi connectivity index (χ0v) is 39.2. The summed E-state index contributed by atoms with van der Waals surface area (Å²) in [7, 11) is 0. The van der Waals surface area contributed by atoms with Crippen molar-refractivity contribution in [1.82, 2.24) is 0 Å². The molecule has 0 radical (unpaired) electrons. The number of nitrogens with zero attached hydrogens (tertiary/aromatic N) is 2. The maximum Gasteiger partial charge on any atom is 0.0717 e. The number of thiophene rings is 1. The first-order valence-corrected chi connectivity index (χ1v) is 24.9. The molecule has 0 saturated heterocycles. The number of anilines is 5. The topological polar surface area (TPSA) is 6.48 Å². The van der Waals surface area contributed by atoms with Crippen LogP contribution >= 0.6 is 11.3 Å². The molecule has 0 bridgehead atoms. The van der Waals surface area contributed by atoms with Crippen LogP contribution in [-0.2, 0) is 10.8 Å². The van der Waals surface area contributed by atoms with E-state index in [0.717, 1.165) is 23.5 Å². The summed E-state index contributed by atoms with van der Waals surface area (Å²) in [6.07, 6.45) is 5.78. The van der Waals surface area contributed by atoms with Gasteiger partial charge in [0.15, 0.2) is 0 Å². The number of hydrogen-bond acceptors (Lipinski definition) is 3. The fourth-order valence-corrected chi connectivity index (χ4v) is 13.8. The highest BCUT2D eigenvalue weighted by molar-refractivity contribution is 7.26. The Morgan fingerprint density at radius 3 is 1.88 bits per heavy atom. The van der Waals surface area contributed by atoms with E-state index in [0.29, 0.717) is 5.92 Å². The Hall–Kier alpha value is -7.72. The Morgan fingerprint density at radius 1 is 0.500 bits per heavy atom. The van der Waals surface area contributed by atoms with Gasteiger partial charge in [0.05, 0.1) is 11.1 Å². The van der Waals surface area contributed by atoms with Crippen molar-refractivity contribution in [3.63, 3.8) is 0 Å². The van der Waals surface area contributed by atoms with Crippen LogP contribution in [0.3, 0.4) is 0 Å². The van der Waals surface area contributed by atoms with E-state index in [-0.39, 0.29) is 5.41 Å². The molecule has 1 aliphatic heterocycles. The molecular weight excluding hydrogens is 841 g/mol. The Morgan fingerprint density at radius 2 is 1.09 bits per heavy atom. The van der Waals surface area contributed by atoms with Crippen molar-refractivity contribution in [2.24, 2.45) is 5.92 Å². The highest BCUT2D eigenvalue weighted by Crippen LogP contribution is 2.64. The van der Waals surface area contributed by atoms with Crippen LogP contribution in [0.4, 0.5) is 28.4 Å². The monoisotopic (exact) mass is 888 g/mol. The van der Waals surface area contributed by atoms with Crippen LogP contribution in [0.15, 0.2) is 230 Å². The molecule has 68 heavy (non-hydrogen) atoms. The molecule has 9 aromatic carbocycles. The fraction of sp³-hybridized carbons (Fsp3) is 0.108. The average molecular weight is 889 g/mol. The zero-order valence-electron chi connectivity index (χ0n) is 38.4. The summed E-state index contributed by atoms with van der Waals surface area (Å²) in [5.74, 6) is 0.389. The largest absolute Gasteiger partial charge is 0.310 e. The first kappa shape index (κ1) is 39.4. The van der Waals surface area contributed by atoms with Crippen molar-refractivity contribution in [3.05, 3.63) is 257 Å². The number of hydrogen-bond donors (Lipinski definition) is 0. The number of rotatable bonds is 5. The van der Waals surface area contributed by atoms with Crippen LogP contribution in [0.2, 0.25) is 0 Å². The van der Waals surface area contributed by atoms with Gasteiger partial charge in [-0.1, -0.05) is 172 Å². The average Bonchev–Trinajstić information content (AvgIpc) is 3.99. The van der Waals surface area contributed by atoms with Crippen molar-refractivity contribution in [3.8, 4) is 33.4 Å². The second kappa shape index (κ2) is 14.6. The molecule has 2 heterocycles. The molecule has 0 N–H and O–H groups in total. The van der Waals surface area contributed by atoms with Crippen LogP contribution in [-0.4, -0.2) is 0 Å². The quantitative estimate of drug-likeness (QED) is 0.170. The van der Waals surface area contributed by atoms with Gasteiger partial charge < -0.3 is 9.80 Å². The molecule has 3 aliphatic carbocycles. The molecule has 0 saturated carbocycles. The van der Waals surface area contributed by atoms with E-state index in [2.05, 4.69) is 249 Å². The normalized spacial score (nSPS) is 18.0. The Kier molecular flexibility index (Phi) is 8.49. The number of fused-ring (bicyclic) bond motifs is 14. The van der Waals surface area contributed by atoms with Crippen molar-refractivity contribution in [2.45, 2.75) is 38.0 Å². The molecular formula is C65H48N2S. The van der Waals surface area contributed by atoms with Crippen molar-refractivity contribution >= 4 is 59.9 Å². The van der Waals surface area contributed by atoms with Crippen molar-refractivity contribution in [2.75, 3.05) is 9.80 Å². The Labute approximate surface area is 402 Å². The predicted octanol–water partition coefficient (Wildman–Crippen LogP) is 17.8. The number of allylic oxidation sites excluding steroid dienone is 3. The van der Waals surface area contributed by atoms with Crippen LogP contribution < -0.4 is 9.80 Å². The minimum atomic E-state index is -0.502. The summed E-state index contributed by atoms with van der Waals surface area (Å²) in [5, 5.41) is 2.64. The van der Waals surface area contributed by atoms with Gasteiger partial charge in [-0.05, 0) is 146 Å². The summed E-state index contributed by atoms with van der Waals surface area (Å²) in [5.41, 5.74) is 22.5. The van der Waals surface area contributed by atoms with E-state index < -0.39 is 5.41 Å². The number of benzene rings is 9. The lowest BCUT2D eigenvalue weighted by Gasteiger charge is -2.48. The van der Waals surface area contributed by atoms with Gasteiger partial charge in [-0.15, -0.1) is 11.3 Å². The molecule has 324 valence electrons. The molecule has 0 fully saturated rings. The second-order valence-electron chi connectivity index (χ2n) is 19.7. The Bertz CT molecular complexity index is 3780. The molecule has 1 aromatic heterocycles. The lowest BCUT2D eigenvalue weighted by molar-refractivity contribution is 0.595. The van der Waals surface area contributed by atoms with Crippen LogP contribution in [0, 0.1) is 5.92 Å². The maximum atomic E-state index is 2.55. The van der Waals surface area contributed by atoms with Crippen molar-refractivity contribution in [1.29, 1.82) is 0 Å². The van der Waals surface area contributed by atoms with Gasteiger partial charge >= 0.3 is 0 Å². The van der Waals surface area contributed by atoms with E-state index in [1.54, 1.807) is 0 Å². The molecule has 0 amide bonds. The van der Waals surface area contributed by atoms with E-state index in [1.807, 2.05) is 11.3 Å². The maximum absolute atomic E-state index is 2.55. The standard InChI is InChI=1S/C65H48N2S/c1-41-28-37-61-59(38-41)65(56-25-12-13-26-60(56)67(61)43-16-5-4-6-17-43)55-24-11-8-19-49(55)51-36-34-46(40-58(51)65)66(45-33-35-50-48-18-7-10-23-54(48)64(2,3)57(50)39-45)44-31-29-42(30-32-44)47-21-15-22-53-52-20-9-14-27-62(52)68-63(47)53/h4-37,39-41H,38H2,1-3H3. The van der Waals surface area contributed by atoms with Crippen molar-refractivity contribution < 1.29 is 0 Å². The molecule has 3 heteroatoms. The Balaban J connectivity index is 0.999. The van der Waals surface area contributed by atoms with E-state index in [9.17, 15) is 0 Å². The smallest absolute Gasteiger partial charge is 0.0717 e. The predicted molar refractivity (Wildman–Crippen MR) is 287 cm³/mol. The van der Waals surface area contributed by atoms with Crippen LogP contribution in [0.5, 0.6) is 0 Å². The first-order valence-electron chi connectivity index (χ1n) is 24.1. The minimum Gasteiger partial charge on any atom is -0.310 e. The molecule has 2 atom stereocenters. The van der Waals surface area contributed by atoms with Gasteiger partial charge in [-0.2, -0.15) is 0 Å². The summed E-state index contributed by atoms with van der Waals surface area (Å²) in [6, 6.07) is 77.8. The minimum absolute atomic E-state index is 0.144. The SMILES string of the molecule is CC1C=CC2=C(C1)C1(c3ccccc3-c3ccc(N(c4ccc(-c5cccc6c5sc5ccccc56)cc4)c4ccc5c(c4)C(C)(C)c4ccccc4-5)cc31)c1ccccc1N2c1ccccc1. The van der Waals surface area contributed by atoms with E-state index in [4.69, 9.17) is 0 Å². The second-order valence-corrected chi connectivity index (χ2v) is 20.7. The first-order chi connectivity index (χ1) is 33.4. The van der Waals surface area contributed by atoms with Gasteiger partial charge in [0.1, 0.15) is 0 Å². The lowest BCUT2D eigenvalue weighted by Crippen LogP contribution is -2.40. The highest BCUT2D eigenvalue weighted by atomic mass is 32.1. The van der Waals surface area contributed by atoms with Gasteiger partial charge in [0, 0.05) is 54.0 Å². The summed E-state index contributed by atoms with van der Waals surface area (Å²) in [6.45, 7) is 7.14. The molecule has 1 spiro atoms. The summed E-state index contributed by atoms with van der Waals surface area (Å²) >= 11 is 1.89. The van der Waals surface area contributed by atoms with E-state index in [1.165, 1.54) is 104 Å². The van der Waals surface area contributed by atoms with Crippen LogP contribution in [0.25, 0.3) is 53.6 Å². The highest BCUT2D eigenvalue weighted by Gasteiger charge is 2.53. The van der Waals surface area contributed by atoms with E-state index >= 15 is 0 Å². The fourth-order valence-electron chi connectivity index (χ4n) is 12.6. The molecule has 4 aliphatic rings.